The van der Waals surface area contributed by atoms with E-state index in [0.29, 0.717) is 11.6 Å². The first-order valence-electron chi connectivity index (χ1n) is 8.42. The molecule has 0 bridgehead atoms. The molecule has 1 aromatic heterocycles. The van der Waals surface area contributed by atoms with E-state index < -0.39 is 39.5 Å². The van der Waals surface area contributed by atoms with E-state index in [1.54, 1.807) is 7.05 Å². The van der Waals surface area contributed by atoms with Gasteiger partial charge in [0.05, 0.1) is 0 Å². The van der Waals surface area contributed by atoms with E-state index in [4.69, 9.17) is 16.3 Å². The molecule has 4 nitrogen and oxygen atoms in total. The molecule has 9 heteroatoms. The summed E-state index contributed by atoms with van der Waals surface area (Å²) in [6, 6.07) is 6.39. The summed E-state index contributed by atoms with van der Waals surface area (Å²) in [6.45, 7) is -0.0762. The largest absolute Gasteiger partial charge is 0.487 e. The molecule has 0 amide bonds. The molecule has 0 aliphatic rings. The lowest BCUT2D eigenvalue weighted by molar-refractivity contribution is 0.298. The lowest BCUT2D eigenvalue weighted by atomic mass is 10.1. The number of nitrogens with zero attached hydrogens (tertiary/aromatic N) is 1. The molecule has 2 aromatic carbocycles. The van der Waals surface area contributed by atoms with Crippen molar-refractivity contribution in [1.82, 2.24) is 9.88 Å². The van der Waals surface area contributed by atoms with Crippen LogP contribution in [0.5, 0.6) is 5.75 Å². The van der Waals surface area contributed by atoms with Gasteiger partial charge in [0.15, 0.2) is 11.6 Å². The molecule has 0 fully saturated rings. The van der Waals surface area contributed by atoms with Crippen LogP contribution in [0, 0.1) is 23.3 Å². The van der Waals surface area contributed by atoms with Crippen LogP contribution in [0.1, 0.15) is 11.1 Å². The van der Waals surface area contributed by atoms with Crippen molar-refractivity contribution in [3.63, 3.8) is 0 Å². The summed E-state index contributed by atoms with van der Waals surface area (Å²) in [5.41, 5.74) is -1.08. The summed E-state index contributed by atoms with van der Waals surface area (Å²) in [4.78, 5) is 12.5. The number of halogens is 5. The molecule has 3 aromatic rings. The first-order chi connectivity index (χ1) is 13.8. The highest BCUT2D eigenvalue weighted by molar-refractivity contribution is 6.31. The van der Waals surface area contributed by atoms with Gasteiger partial charge in [-0.05, 0) is 42.9 Å². The Bertz CT molecular complexity index is 1100. The molecular formula is C20H15ClF4N2O2. The van der Waals surface area contributed by atoms with E-state index >= 15 is 0 Å². The zero-order valence-corrected chi connectivity index (χ0v) is 15.9. The van der Waals surface area contributed by atoms with Crippen molar-refractivity contribution in [2.24, 2.45) is 0 Å². The standard InChI is InChI=1S/C20H15ClF4N2O2/c1-26-9-11-6-15(24)19(16(25)7-11)27-5-4-17(18(21)20(27)28)29-10-12-2-3-13(22)8-14(12)23/h2-8,26H,9-10H2,1H3. The molecule has 0 radical (unpaired) electrons. The predicted molar refractivity (Wildman–Crippen MR) is 100 cm³/mol. The molecule has 1 heterocycles. The van der Waals surface area contributed by atoms with E-state index in [1.807, 2.05) is 0 Å². The van der Waals surface area contributed by atoms with Crippen LogP contribution in [-0.2, 0) is 13.2 Å². The van der Waals surface area contributed by atoms with Crippen molar-refractivity contribution in [2.45, 2.75) is 13.2 Å². The maximum absolute atomic E-state index is 14.4. The Hall–Kier alpha value is -2.84. The zero-order valence-electron chi connectivity index (χ0n) is 15.1. The maximum Gasteiger partial charge on any atom is 0.277 e. The first-order valence-corrected chi connectivity index (χ1v) is 8.80. The van der Waals surface area contributed by atoms with Crippen molar-refractivity contribution in [3.05, 3.63) is 92.4 Å². The van der Waals surface area contributed by atoms with Gasteiger partial charge in [-0.25, -0.2) is 17.6 Å². The van der Waals surface area contributed by atoms with Crippen LogP contribution in [0.15, 0.2) is 47.4 Å². The Morgan fingerprint density at radius 2 is 1.72 bits per heavy atom. The highest BCUT2D eigenvalue weighted by atomic mass is 35.5. The summed E-state index contributed by atoms with van der Waals surface area (Å²) in [5, 5.41) is 2.34. The van der Waals surface area contributed by atoms with E-state index in [0.717, 1.165) is 29.0 Å². The number of pyridine rings is 1. The summed E-state index contributed by atoms with van der Waals surface area (Å²) in [6.07, 6.45) is 1.10. The second-order valence-corrected chi connectivity index (χ2v) is 6.51. The van der Waals surface area contributed by atoms with Crippen molar-refractivity contribution in [2.75, 3.05) is 7.05 Å². The average molecular weight is 427 g/mol. The summed E-state index contributed by atoms with van der Waals surface area (Å²) >= 11 is 6.00. The summed E-state index contributed by atoms with van der Waals surface area (Å²) in [5.74, 6) is -3.54. The highest BCUT2D eigenvalue weighted by Gasteiger charge is 2.18. The number of ether oxygens (including phenoxy) is 1. The van der Waals surface area contributed by atoms with Crippen LogP contribution >= 0.6 is 11.6 Å². The minimum absolute atomic E-state index is 0.0452. The number of hydrogen-bond donors (Lipinski definition) is 1. The highest BCUT2D eigenvalue weighted by Crippen LogP contribution is 2.25. The van der Waals surface area contributed by atoms with Gasteiger partial charge >= 0.3 is 0 Å². The minimum atomic E-state index is -0.935. The van der Waals surface area contributed by atoms with Gasteiger partial charge in [-0.3, -0.25) is 9.36 Å². The van der Waals surface area contributed by atoms with Gasteiger partial charge in [0.1, 0.15) is 34.7 Å². The summed E-state index contributed by atoms with van der Waals surface area (Å²) in [7, 11) is 1.63. The maximum atomic E-state index is 14.4. The third-order valence-corrected chi connectivity index (χ3v) is 4.44. The lowest BCUT2D eigenvalue weighted by Crippen LogP contribution is -2.21. The molecule has 1 N–H and O–H groups in total. The molecular weight excluding hydrogens is 412 g/mol. The third-order valence-electron chi connectivity index (χ3n) is 4.09. The Kier molecular flexibility index (Phi) is 6.24. The Morgan fingerprint density at radius 1 is 1.03 bits per heavy atom. The number of benzene rings is 2. The first kappa shape index (κ1) is 20.9. The number of hydrogen-bond acceptors (Lipinski definition) is 3. The van der Waals surface area contributed by atoms with Gasteiger partial charge < -0.3 is 10.1 Å². The Balaban J connectivity index is 1.91. The monoisotopic (exact) mass is 426 g/mol. The molecule has 0 unspecified atom stereocenters. The normalized spacial score (nSPS) is 11.0. The van der Waals surface area contributed by atoms with Gasteiger partial charge in [0, 0.05) is 24.4 Å². The van der Waals surface area contributed by atoms with Crippen LogP contribution in [0.3, 0.4) is 0 Å². The Labute approximate surface area is 168 Å². The van der Waals surface area contributed by atoms with Crippen molar-refractivity contribution in [3.8, 4) is 11.4 Å². The zero-order chi connectivity index (χ0) is 21.1. The molecule has 3 rings (SSSR count). The fourth-order valence-corrected chi connectivity index (χ4v) is 2.94. The van der Waals surface area contributed by atoms with Gasteiger partial charge in [-0.1, -0.05) is 11.6 Å². The van der Waals surface area contributed by atoms with E-state index in [9.17, 15) is 22.4 Å². The average Bonchev–Trinajstić information content (AvgIpc) is 2.65. The predicted octanol–water partition coefficient (Wildman–Crippen LogP) is 4.35. The smallest absolute Gasteiger partial charge is 0.277 e. The topological polar surface area (TPSA) is 43.3 Å². The van der Waals surface area contributed by atoms with Crippen LogP contribution in [0.25, 0.3) is 5.69 Å². The molecule has 29 heavy (non-hydrogen) atoms. The number of rotatable bonds is 6. The lowest BCUT2D eigenvalue weighted by Gasteiger charge is -2.13. The van der Waals surface area contributed by atoms with E-state index in [1.165, 1.54) is 12.1 Å². The van der Waals surface area contributed by atoms with Crippen LogP contribution in [0.2, 0.25) is 5.02 Å². The van der Waals surface area contributed by atoms with Gasteiger partial charge in [0.2, 0.25) is 0 Å². The number of nitrogens with one attached hydrogen (secondary N) is 1. The van der Waals surface area contributed by atoms with Gasteiger partial charge in [-0.2, -0.15) is 0 Å². The molecule has 152 valence electrons. The quantitative estimate of drug-likeness (QED) is 0.596. The minimum Gasteiger partial charge on any atom is -0.487 e. The van der Waals surface area contributed by atoms with E-state index in [-0.39, 0.29) is 24.5 Å². The van der Waals surface area contributed by atoms with Crippen molar-refractivity contribution < 1.29 is 22.3 Å². The van der Waals surface area contributed by atoms with Crippen molar-refractivity contribution in [1.29, 1.82) is 0 Å². The molecule has 0 atom stereocenters. The molecule has 0 spiro atoms. The van der Waals surface area contributed by atoms with Gasteiger partial charge in [-0.15, -0.1) is 0 Å². The fraction of sp³-hybridized carbons (Fsp3) is 0.150. The van der Waals surface area contributed by atoms with E-state index in [2.05, 4.69) is 5.32 Å². The third kappa shape index (κ3) is 4.44. The van der Waals surface area contributed by atoms with Crippen LogP contribution in [-0.4, -0.2) is 11.6 Å². The van der Waals surface area contributed by atoms with Crippen LogP contribution in [0.4, 0.5) is 17.6 Å². The second-order valence-electron chi connectivity index (χ2n) is 6.13. The van der Waals surface area contributed by atoms with Crippen LogP contribution < -0.4 is 15.6 Å². The van der Waals surface area contributed by atoms with Gasteiger partial charge in [0.25, 0.3) is 5.56 Å². The second kappa shape index (κ2) is 8.67. The molecule has 0 aliphatic heterocycles. The van der Waals surface area contributed by atoms with Crippen molar-refractivity contribution >= 4 is 11.6 Å². The molecule has 0 aliphatic carbocycles. The number of aromatic nitrogens is 1. The summed E-state index contributed by atoms with van der Waals surface area (Å²) < 4.78 is 61.5. The molecule has 0 saturated heterocycles. The fourth-order valence-electron chi connectivity index (χ4n) is 2.73. The Morgan fingerprint density at radius 3 is 2.34 bits per heavy atom. The molecule has 0 saturated carbocycles. The SMILES string of the molecule is CNCc1cc(F)c(-n2ccc(OCc3ccc(F)cc3F)c(Cl)c2=O)c(F)c1.